The van der Waals surface area contributed by atoms with E-state index in [1.54, 1.807) is 42.5 Å². The molecule has 0 aromatic heterocycles. The molecule has 3 aromatic rings. The van der Waals surface area contributed by atoms with Crippen molar-refractivity contribution in [3.8, 4) is 0 Å². The van der Waals surface area contributed by atoms with Gasteiger partial charge in [-0.3, -0.25) is 0 Å². The van der Waals surface area contributed by atoms with Gasteiger partial charge in [0, 0.05) is 34.7 Å². The molecule has 1 aliphatic heterocycles. The van der Waals surface area contributed by atoms with Crippen LogP contribution in [0, 0.1) is 0 Å². The van der Waals surface area contributed by atoms with Gasteiger partial charge in [0.05, 0.1) is 21.6 Å². The van der Waals surface area contributed by atoms with E-state index in [1.807, 2.05) is 18.2 Å². The SMILES string of the molecule is O=S(=O)(c1cccc(Cl)c1)N1CCN(c2ccc(Cl)cc2Cl)C(c2ccc(Cl)cc2)C1. The van der Waals surface area contributed by atoms with Crippen molar-refractivity contribution >= 4 is 62.1 Å². The number of benzene rings is 3. The Labute approximate surface area is 201 Å². The second-order valence-corrected chi connectivity index (χ2v) is 10.8. The van der Waals surface area contributed by atoms with Crippen molar-refractivity contribution in [1.82, 2.24) is 4.31 Å². The van der Waals surface area contributed by atoms with Crippen LogP contribution in [0.1, 0.15) is 11.6 Å². The molecule has 31 heavy (non-hydrogen) atoms. The van der Waals surface area contributed by atoms with Gasteiger partial charge in [0.25, 0.3) is 0 Å². The van der Waals surface area contributed by atoms with Crippen LogP contribution in [-0.4, -0.2) is 32.4 Å². The number of piperazine rings is 1. The van der Waals surface area contributed by atoms with E-state index in [0.29, 0.717) is 33.2 Å². The summed E-state index contributed by atoms with van der Waals surface area (Å²) in [6, 6.07) is 18.8. The molecular formula is C22H18Cl4N2O2S. The average Bonchev–Trinajstić information content (AvgIpc) is 2.74. The molecule has 1 fully saturated rings. The first kappa shape index (κ1) is 22.7. The third-order valence-electron chi connectivity index (χ3n) is 5.25. The van der Waals surface area contributed by atoms with Gasteiger partial charge in [0.1, 0.15) is 0 Å². The summed E-state index contributed by atoms with van der Waals surface area (Å²) in [7, 11) is -3.71. The maximum atomic E-state index is 13.3. The first-order chi connectivity index (χ1) is 14.8. The molecule has 0 N–H and O–H groups in total. The van der Waals surface area contributed by atoms with Crippen LogP contribution in [0.25, 0.3) is 0 Å². The molecular weight excluding hydrogens is 498 g/mol. The molecule has 0 aliphatic carbocycles. The van der Waals surface area contributed by atoms with Crippen molar-refractivity contribution in [3.63, 3.8) is 0 Å². The van der Waals surface area contributed by atoms with Gasteiger partial charge in [0.2, 0.25) is 10.0 Å². The molecule has 0 amide bonds. The Bertz CT molecular complexity index is 1200. The molecule has 1 heterocycles. The summed E-state index contributed by atoms with van der Waals surface area (Å²) in [4.78, 5) is 2.28. The topological polar surface area (TPSA) is 40.6 Å². The van der Waals surface area contributed by atoms with Gasteiger partial charge < -0.3 is 4.90 Å². The summed E-state index contributed by atoms with van der Waals surface area (Å²) in [5.74, 6) is 0. The molecule has 0 radical (unpaired) electrons. The Morgan fingerprint density at radius 1 is 0.774 bits per heavy atom. The highest BCUT2D eigenvalue weighted by molar-refractivity contribution is 7.89. The lowest BCUT2D eigenvalue weighted by Crippen LogP contribution is -2.50. The van der Waals surface area contributed by atoms with Gasteiger partial charge in [-0.15, -0.1) is 0 Å². The fourth-order valence-corrected chi connectivity index (χ4v) is 6.11. The molecule has 1 atom stereocenters. The van der Waals surface area contributed by atoms with E-state index in [1.165, 1.54) is 10.4 Å². The third kappa shape index (κ3) is 4.82. The molecule has 162 valence electrons. The number of halogens is 4. The zero-order chi connectivity index (χ0) is 22.2. The summed E-state index contributed by atoms with van der Waals surface area (Å²) < 4.78 is 28.1. The van der Waals surface area contributed by atoms with Gasteiger partial charge in [-0.1, -0.05) is 64.6 Å². The Morgan fingerprint density at radius 3 is 2.13 bits per heavy atom. The standard InChI is InChI=1S/C22H18Cl4N2O2S/c23-16-6-4-15(5-7-16)22-14-27(31(29,30)19-3-1-2-17(24)12-19)10-11-28(22)21-9-8-18(25)13-20(21)26/h1-9,12-13,22H,10-11,14H2. The number of hydrogen-bond acceptors (Lipinski definition) is 3. The van der Waals surface area contributed by atoms with Crippen LogP contribution in [-0.2, 0) is 10.0 Å². The largest absolute Gasteiger partial charge is 0.361 e. The van der Waals surface area contributed by atoms with Crippen molar-refractivity contribution in [2.24, 2.45) is 0 Å². The predicted octanol–water partition coefficient (Wildman–Crippen LogP) is 6.55. The van der Waals surface area contributed by atoms with Gasteiger partial charge in [-0.25, -0.2) is 8.42 Å². The van der Waals surface area contributed by atoms with Crippen molar-refractivity contribution in [2.45, 2.75) is 10.9 Å². The maximum absolute atomic E-state index is 13.3. The molecule has 3 aromatic carbocycles. The molecule has 0 spiro atoms. The Morgan fingerprint density at radius 2 is 1.45 bits per heavy atom. The minimum Gasteiger partial charge on any atom is -0.361 e. The number of nitrogens with zero attached hydrogens (tertiary/aromatic N) is 2. The zero-order valence-corrected chi connectivity index (χ0v) is 20.0. The monoisotopic (exact) mass is 514 g/mol. The molecule has 9 heteroatoms. The van der Waals surface area contributed by atoms with E-state index >= 15 is 0 Å². The fourth-order valence-electron chi connectivity index (χ4n) is 3.73. The molecule has 4 rings (SSSR count). The molecule has 0 saturated carbocycles. The molecule has 4 nitrogen and oxygen atoms in total. The Balaban J connectivity index is 1.73. The summed E-state index contributed by atoms with van der Waals surface area (Å²) in [6.45, 7) is 1.00. The smallest absolute Gasteiger partial charge is 0.243 e. The van der Waals surface area contributed by atoms with E-state index in [9.17, 15) is 8.42 Å². The van der Waals surface area contributed by atoms with Crippen LogP contribution in [0.2, 0.25) is 20.1 Å². The average molecular weight is 516 g/mol. The van der Waals surface area contributed by atoms with Gasteiger partial charge >= 0.3 is 0 Å². The summed E-state index contributed by atoms with van der Waals surface area (Å²) >= 11 is 24.7. The number of sulfonamides is 1. The highest BCUT2D eigenvalue weighted by Crippen LogP contribution is 2.38. The Hall–Kier alpha value is -1.47. The quantitative estimate of drug-likeness (QED) is 0.395. The zero-order valence-electron chi connectivity index (χ0n) is 16.2. The molecule has 0 bridgehead atoms. The third-order valence-corrected chi connectivity index (χ3v) is 8.14. The van der Waals surface area contributed by atoms with E-state index in [-0.39, 0.29) is 17.5 Å². The minimum absolute atomic E-state index is 0.174. The summed E-state index contributed by atoms with van der Waals surface area (Å²) in [5, 5.41) is 2.04. The first-order valence-electron chi connectivity index (χ1n) is 9.48. The van der Waals surface area contributed by atoms with Gasteiger partial charge in [-0.05, 0) is 54.1 Å². The Kier molecular flexibility index (Phi) is 6.73. The lowest BCUT2D eigenvalue weighted by atomic mass is 10.0. The maximum Gasteiger partial charge on any atom is 0.243 e. The van der Waals surface area contributed by atoms with Crippen molar-refractivity contribution in [1.29, 1.82) is 0 Å². The number of hydrogen-bond donors (Lipinski definition) is 0. The number of anilines is 1. The van der Waals surface area contributed by atoms with Crippen LogP contribution >= 0.6 is 46.4 Å². The first-order valence-corrected chi connectivity index (χ1v) is 12.4. The van der Waals surface area contributed by atoms with E-state index in [0.717, 1.165) is 11.3 Å². The van der Waals surface area contributed by atoms with E-state index in [4.69, 9.17) is 46.4 Å². The highest BCUT2D eigenvalue weighted by atomic mass is 35.5. The van der Waals surface area contributed by atoms with Crippen LogP contribution in [0.3, 0.4) is 0 Å². The van der Waals surface area contributed by atoms with Gasteiger partial charge in [0.15, 0.2) is 0 Å². The van der Waals surface area contributed by atoms with Crippen LogP contribution in [0.4, 0.5) is 5.69 Å². The molecule has 1 saturated heterocycles. The van der Waals surface area contributed by atoms with Crippen LogP contribution in [0.5, 0.6) is 0 Å². The minimum atomic E-state index is -3.71. The molecule has 1 unspecified atom stereocenters. The van der Waals surface area contributed by atoms with Crippen molar-refractivity contribution < 1.29 is 8.42 Å². The lowest BCUT2D eigenvalue weighted by molar-refractivity contribution is 0.335. The summed E-state index contributed by atoms with van der Waals surface area (Å²) in [5.41, 5.74) is 1.73. The van der Waals surface area contributed by atoms with E-state index in [2.05, 4.69) is 4.90 Å². The molecule has 1 aliphatic rings. The van der Waals surface area contributed by atoms with Crippen LogP contribution < -0.4 is 4.90 Å². The normalized spacial score (nSPS) is 17.7. The summed E-state index contributed by atoms with van der Waals surface area (Å²) in [6.07, 6.45) is 0. The second kappa shape index (κ2) is 9.18. The van der Waals surface area contributed by atoms with Gasteiger partial charge in [-0.2, -0.15) is 4.31 Å². The van der Waals surface area contributed by atoms with Crippen molar-refractivity contribution in [3.05, 3.63) is 92.4 Å². The van der Waals surface area contributed by atoms with Crippen molar-refractivity contribution in [2.75, 3.05) is 24.5 Å². The number of rotatable bonds is 4. The van der Waals surface area contributed by atoms with E-state index < -0.39 is 10.0 Å². The fraction of sp³-hybridized carbons (Fsp3) is 0.182. The second-order valence-electron chi connectivity index (χ2n) is 7.18. The predicted molar refractivity (Wildman–Crippen MR) is 128 cm³/mol. The lowest BCUT2D eigenvalue weighted by Gasteiger charge is -2.42. The highest BCUT2D eigenvalue weighted by Gasteiger charge is 2.36. The van der Waals surface area contributed by atoms with Crippen LogP contribution in [0.15, 0.2) is 71.6 Å².